The van der Waals surface area contributed by atoms with E-state index in [0.29, 0.717) is 16.6 Å². The Balaban J connectivity index is 1.48. The van der Waals surface area contributed by atoms with Crippen LogP contribution in [0.5, 0.6) is 0 Å². The fraction of sp³-hybridized carbons (Fsp3) is 0.714. The van der Waals surface area contributed by atoms with Crippen LogP contribution in [0.2, 0.25) is 0 Å². The molecule has 1 aromatic heterocycles. The number of carbonyl (C=O) groups excluding carboxylic acids is 1. The molecule has 2 amide bonds. The van der Waals surface area contributed by atoms with Crippen molar-refractivity contribution in [1.82, 2.24) is 10.3 Å². The first kappa shape index (κ1) is 13.8. The van der Waals surface area contributed by atoms with E-state index in [-0.39, 0.29) is 6.03 Å². The molecule has 1 aliphatic carbocycles. The van der Waals surface area contributed by atoms with Crippen molar-refractivity contribution in [3.8, 4) is 0 Å². The molecule has 6 heteroatoms. The van der Waals surface area contributed by atoms with Crippen LogP contribution in [0.1, 0.15) is 37.5 Å². The first-order valence-electron chi connectivity index (χ1n) is 7.32. The summed E-state index contributed by atoms with van der Waals surface area (Å²) < 4.78 is 5.38. The fourth-order valence-electron chi connectivity index (χ4n) is 2.90. The highest BCUT2D eigenvalue weighted by molar-refractivity contribution is 7.15. The summed E-state index contributed by atoms with van der Waals surface area (Å²) in [5.74, 6) is 0. The minimum Gasteiger partial charge on any atom is -0.381 e. The molecule has 3 rings (SSSR count). The summed E-state index contributed by atoms with van der Waals surface area (Å²) in [6.07, 6.45) is 7.18. The van der Waals surface area contributed by atoms with Gasteiger partial charge in [-0.05, 0) is 31.1 Å². The van der Waals surface area contributed by atoms with Gasteiger partial charge in [-0.3, -0.25) is 5.32 Å². The van der Waals surface area contributed by atoms with Crippen molar-refractivity contribution in [2.24, 2.45) is 5.41 Å². The Morgan fingerprint density at radius 3 is 3.10 bits per heavy atom. The Morgan fingerprint density at radius 1 is 1.55 bits per heavy atom. The van der Waals surface area contributed by atoms with Gasteiger partial charge in [0.05, 0.1) is 0 Å². The standard InChI is InChI=1S/C14H21N3O2S/c1-2-3-10-9-15-13(20-10)17-12(18)16-11-8-14(11)4-6-19-7-5-14/h9,11H,2-8H2,1H3,(H2,15,16,17,18). The Kier molecular flexibility index (Phi) is 3.94. The molecule has 2 N–H and O–H groups in total. The summed E-state index contributed by atoms with van der Waals surface area (Å²) in [6.45, 7) is 3.79. The monoisotopic (exact) mass is 295 g/mol. The van der Waals surface area contributed by atoms with Crippen molar-refractivity contribution in [2.45, 2.75) is 45.1 Å². The summed E-state index contributed by atoms with van der Waals surface area (Å²) in [4.78, 5) is 17.4. The first-order chi connectivity index (χ1) is 9.72. The van der Waals surface area contributed by atoms with Crippen LogP contribution in [0.3, 0.4) is 0 Å². The van der Waals surface area contributed by atoms with Gasteiger partial charge in [0.25, 0.3) is 0 Å². The summed E-state index contributed by atoms with van der Waals surface area (Å²) in [5, 5.41) is 6.59. The number of amides is 2. The predicted molar refractivity (Wildman–Crippen MR) is 79.2 cm³/mol. The average molecular weight is 295 g/mol. The number of rotatable bonds is 4. The van der Waals surface area contributed by atoms with Crippen molar-refractivity contribution in [3.05, 3.63) is 11.1 Å². The second kappa shape index (κ2) is 5.69. The Morgan fingerprint density at radius 2 is 2.35 bits per heavy atom. The SMILES string of the molecule is CCCc1cnc(NC(=O)NC2CC23CCOCC3)s1. The average Bonchev–Trinajstić information content (AvgIpc) is 2.87. The van der Waals surface area contributed by atoms with Crippen molar-refractivity contribution in [1.29, 1.82) is 0 Å². The molecule has 2 heterocycles. The molecule has 1 atom stereocenters. The highest BCUT2D eigenvalue weighted by Crippen LogP contribution is 2.53. The van der Waals surface area contributed by atoms with Crippen molar-refractivity contribution in [3.63, 3.8) is 0 Å². The van der Waals surface area contributed by atoms with Crippen LogP contribution in [0, 0.1) is 5.41 Å². The van der Waals surface area contributed by atoms with Gasteiger partial charge in [0, 0.05) is 30.3 Å². The minimum atomic E-state index is -0.129. The summed E-state index contributed by atoms with van der Waals surface area (Å²) >= 11 is 1.56. The van der Waals surface area contributed by atoms with Crippen molar-refractivity contribution < 1.29 is 9.53 Å². The molecular weight excluding hydrogens is 274 g/mol. The number of aryl methyl sites for hydroxylation is 1. The molecule has 1 saturated heterocycles. The van der Waals surface area contributed by atoms with Crippen LogP contribution in [0.25, 0.3) is 0 Å². The largest absolute Gasteiger partial charge is 0.381 e. The van der Waals surface area contributed by atoms with E-state index in [4.69, 9.17) is 4.74 Å². The lowest BCUT2D eigenvalue weighted by Gasteiger charge is -2.22. The number of urea groups is 1. The third kappa shape index (κ3) is 2.96. The zero-order chi connectivity index (χ0) is 14.0. The van der Waals surface area contributed by atoms with E-state index < -0.39 is 0 Å². The number of nitrogens with zero attached hydrogens (tertiary/aromatic N) is 1. The summed E-state index contributed by atoms with van der Waals surface area (Å²) in [6, 6.07) is 0.178. The maximum absolute atomic E-state index is 12.0. The number of nitrogens with one attached hydrogen (secondary N) is 2. The van der Waals surface area contributed by atoms with Crippen LogP contribution >= 0.6 is 11.3 Å². The molecule has 110 valence electrons. The summed E-state index contributed by atoms with van der Waals surface area (Å²) in [5.41, 5.74) is 0.311. The molecule has 1 spiro atoms. The molecule has 0 radical (unpaired) electrons. The molecule has 2 fully saturated rings. The van der Waals surface area contributed by atoms with Crippen LogP contribution in [-0.2, 0) is 11.2 Å². The van der Waals surface area contributed by atoms with E-state index in [1.165, 1.54) is 4.88 Å². The van der Waals surface area contributed by atoms with Gasteiger partial charge >= 0.3 is 6.03 Å². The van der Waals surface area contributed by atoms with Gasteiger partial charge < -0.3 is 10.1 Å². The van der Waals surface area contributed by atoms with Gasteiger partial charge in [0.1, 0.15) is 0 Å². The van der Waals surface area contributed by atoms with Crippen molar-refractivity contribution in [2.75, 3.05) is 18.5 Å². The highest BCUT2D eigenvalue weighted by Gasteiger charge is 2.55. The Labute approximate surface area is 123 Å². The lowest BCUT2D eigenvalue weighted by Crippen LogP contribution is -2.35. The number of hydrogen-bond donors (Lipinski definition) is 2. The van der Waals surface area contributed by atoms with Gasteiger partial charge in [-0.15, -0.1) is 11.3 Å². The van der Waals surface area contributed by atoms with E-state index in [0.717, 1.165) is 45.3 Å². The van der Waals surface area contributed by atoms with Gasteiger partial charge in [-0.1, -0.05) is 13.3 Å². The van der Waals surface area contributed by atoms with Gasteiger partial charge in [0.2, 0.25) is 0 Å². The second-order valence-electron chi connectivity index (χ2n) is 5.71. The lowest BCUT2D eigenvalue weighted by atomic mass is 9.96. The van der Waals surface area contributed by atoms with E-state index >= 15 is 0 Å². The smallest absolute Gasteiger partial charge is 0.321 e. The van der Waals surface area contributed by atoms with Gasteiger partial charge in [0.15, 0.2) is 5.13 Å². The van der Waals surface area contributed by atoms with Crippen LogP contribution in [0.15, 0.2) is 6.20 Å². The lowest BCUT2D eigenvalue weighted by molar-refractivity contribution is 0.0548. The molecule has 1 aromatic rings. The number of thiazole rings is 1. The molecule has 1 unspecified atom stereocenters. The van der Waals surface area contributed by atoms with Gasteiger partial charge in [-0.25, -0.2) is 9.78 Å². The van der Waals surface area contributed by atoms with E-state index in [1.807, 2.05) is 6.20 Å². The quantitative estimate of drug-likeness (QED) is 0.898. The molecular formula is C14H21N3O2S. The van der Waals surface area contributed by atoms with E-state index in [9.17, 15) is 4.79 Å². The minimum absolute atomic E-state index is 0.129. The number of carbonyl (C=O) groups is 1. The molecule has 2 aliphatic rings. The molecule has 1 saturated carbocycles. The number of hydrogen-bond acceptors (Lipinski definition) is 4. The zero-order valence-corrected chi connectivity index (χ0v) is 12.6. The van der Waals surface area contributed by atoms with E-state index in [2.05, 4.69) is 22.5 Å². The summed E-state index contributed by atoms with van der Waals surface area (Å²) in [7, 11) is 0. The number of ether oxygens (including phenoxy) is 1. The van der Waals surface area contributed by atoms with Crippen molar-refractivity contribution >= 4 is 22.5 Å². The zero-order valence-electron chi connectivity index (χ0n) is 11.8. The normalized spacial score (nSPS) is 23.6. The highest BCUT2D eigenvalue weighted by atomic mass is 32.1. The molecule has 20 heavy (non-hydrogen) atoms. The third-order valence-corrected chi connectivity index (χ3v) is 5.23. The van der Waals surface area contributed by atoms with Crippen LogP contribution in [0.4, 0.5) is 9.93 Å². The Hall–Kier alpha value is -1.14. The first-order valence-corrected chi connectivity index (χ1v) is 8.13. The third-order valence-electron chi connectivity index (χ3n) is 4.25. The maximum Gasteiger partial charge on any atom is 0.321 e. The molecule has 1 aliphatic heterocycles. The van der Waals surface area contributed by atoms with Crippen LogP contribution < -0.4 is 10.6 Å². The van der Waals surface area contributed by atoms with Crippen LogP contribution in [-0.4, -0.2) is 30.3 Å². The number of aromatic nitrogens is 1. The molecule has 0 aromatic carbocycles. The molecule has 5 nitrogen and oxygen atoms in total. The second-order valence-corrected chi connectivity index (χ2v) is 6.83. The van der Waals surface area contributed by atoms with E-state index in [1.54, 1.807) is 11.3 Å². The fourth-order valence-corrected chi connectivity index (χ4v) is 3.81. The number of anilines is 1. The topological polar surface area (TPSA) is 63.2 Å². The Bertz CT molecular complexity index is 483. The molecule has 0 bridgehead atoms. The van der Waals surface area contributed by atoms with Gasteiger partial charge in [-0.2, -0.15) is 0 Å². The predicted octanol–water partition coefficient (Wildman–Crippen LogP) is 2.79. The maximum atomic E-state index is 12.0.